The molecule has 0 spiro atoms. The van der Waals surface area contributed by atoms with Crippen molar-refractivity contribution in [3.63, 3.8) is 0 Å². The lowest BCUT2D eigenvalue weighted by Gasteiger charge is -2.25. The molecule has 0 amide bonds. The second-order valence-electron chi connectivity index (χ2n) is 5.58. The average molecular weight is 324 g/mol. The Kier molecular flexibility index (Phi) is 3.67. The predicted molar refractivity (Wildman–Crippen MR) is 89.2 cm³/mol. The molecule has 1 atom stereocenters. The van der Waals surface area contributed by atoms with Gasteiger partial charge < -0.3 is 4.90 Å². The molecular formula is C16H16N6S. The monoisotopic (exact) mass is 324 g/mol. The van der Waals surface area contributed by atoms with Crippen LogP contribution in [0.3, 0.4) is 0 Å². The summed E-state index contributed by atoms with van der Waals surface area (Å²) in [5.74, 6) is 0.953. The highest BCUT2D eigenvalue weighted by Gasteiger charge is 2.29. The molecule has 1 aliphatic rings. The molecule has 1 aliphatic heterocycles. The first-order valence-electron chi connectivity index (χ1n) is 7.72. The smallest absolute Gasteiger partial charge is 0.163 e. The van der Waals surface area contributed by atoms with Gasteiger partial charge in [-0.15, -0.1) is 11.3 Å². The minimum Gasteiger partial charge on any atom is -0.348 e. The SMILES string of the molecule is N#CCCn1ncc2c(N3CCC[C@@H]3c3cccs3)ncnc21. The first kappa shape index (κ1) is 14.2. The number of thiophene rings is 1. The van der Waals surface area contributed by atoms with Crippen molar-refractivity contribution in [3.05, 3.63) is 34.9 Å². The number of hydrogen-bond acceptors (Lipinski definition) is 6. The summed E-state index contributed by atoms with van der Waals surface area (Å²) in [4.78, 5) is 12.7. The molecule has 0 saturated carbocycles. The highest BCUT2D eigenvalue weighted by molar-refractivity contribution is 7.10. The van der Waals surface area contributed by atoms with Gasteiger partial charge in [0, 0.05) is 11.4 Å². The lowest BCUT2D eigenvalue weighted by molar-refractivity contribution is 0.643. The van der Waals surface area contributed by atoms with Gasteiger partial charge in [0.15, 0.2) is 5.65 Å². The summed E-state index contributed by atoms with van der Waals surface area (Å²) in [6, 6.07) is 6.84. The second-order valence-corrected chi connectivity index (χ2v) is 6.56. The first-order valence-corrected chi connectivity index (χ1v) is 8.60. The fraction of sp³-hybridized carbons (Fsp3) is 0.375. The number of aryl methyl sites for hydroxylation is 1. The zero-order chi connectivity index (χ0) is 15.6. The summed E-state index contributed by atoms with van der Waals surface area (Å²) in [6.07, 6.45) is 6.17. The van der Waals surface area contributed by atoms with Crippen LogP contribution in [0.5, 0.6) is 0 Å². The summed E-state index contributed by atoms with van der Waals surface area (Å²) >= 11 is 1.80. The third-order valence-corrected chi connectivity index (χ3v) is 5.22. The summed E-state index contributed by atoms with van der Waals surface area (Å²) < 4.78 is 1.79. The fourth-order valence-electron chi connectivity index (χ4n) is 3.23. The Labute approximate surface area is 138 Å². The van der Waals surface area contributed by atoms with Crippen LogP contribution in [-0.4, -0.2) is 26.3 Å². The maximum Gasteiger partial charge on any atom is 0.163 e. The topological polar surface area (TPSA) is 70.6 Å². The molecule has 0 aliphatic carbocycles. The number of nitriles is 1. The first-order chi connectivity index (χ1) is 11.4. The van der Waals surface area contributed by atoms with Gasteiger partial charge >= 0.3 is 0 Å². The Balaban J connectivity index is 1.74. The zero-order valence-electron chi connectivity index (χ0n) is 12.6. The van der Waals surface area contributed by atoms with Crippen LogP contribution in [0.1, 0.15) is 30.2 Å². The van der Waals surface area contributed by atoms with E-state index in [0.29, 0.717) is 19.0 Å². The molecule has 4 rings (SSSR count). The van der Waals surface area contributed by atoms with Crippen LogP contribution in [0.2, 0.25) is 0 Å². The average Bonchev–Trinajstić information content (AvgIpc) is 3.31. The number of aromatic nitrogens is 4. The van der Waals surface area contributed by atoms with Crippen molar-refractivity contribution in [1.82, 2.24) is 19.7 Å². The van der Waals surface area contributed by atoms with Crippen molar-refractivity contribution in [2.24, 2.45) is 0 Å². The van der Waals surface area contributed by atoms with Gasteiger partial charge in [0.2, 0.25) is 0 Å². The van der Waals surface area contributed by atoms with Gasteiger partial charge in [-0.25, -0.2) is 14.6 Å². The Morgan fingerprint density at radius 1 is 1.39 bits per heavy atom. The normalized spacial score (nSPS) is 17.7. The largest absolute Gasteiger partial charge is 0.348 e. The molecule has 0 unspecified atom stereocenters. The Bertz CT molecular complexity index is 847. The van der Waals surface area contributed by atoms with Crippen LogP contribution in [0.15, 0.2) is 30.0 Å². The van der Waals surface area contributed by atoms with Gasteiger partial charge in [0.05, 0.1) is 36.7 Å². The fourth-order valence-corrected chi connectivity index (χ4v) is 4.10. The molecule has 4 heterocycles. The van der Waals surface area contributed by atoms with E-state index in [1.165, 1.54) is 4.88 Å². The summed E-state index contributed by atoms with van der Waals surface area (Å²) in [5, 5.41) is 16.3. The van der Waals surface area contributed by atoms with Crippen LogP contribution < -0.4 is 4.90 Å². The van der Waals surface area contributed by atoms with Crippen molar-refractivity contribution >= 4 is 28.2 Å². The van der Waals surface area contributed by atoms with Crippen molar-refractivity contribution in [3.8, 4) is 6.07 Å². The number of fused-ring (bicyclic) bond motifs is 1. The van der Waals surface area contributed by atoms with Crippen LogP contribution in [0.25, 0.3) is 11.0 Å². The maximum atomic E-state index is 8.77. The predicted octanol–water partition coefficient (Wildman–Crippen LogP) is 3.14. The van der Waals surface area contributed by atoms with Gasteiger partial charge in [-0.3, -0.25) is 0 Å². The van der Waals surface area contributed by atoms with Crippen molar-refractivity contribution in [2.75, 3.05) is 11.4 Å². The summed E-state index contributed by atoms with van der Waals surface area (Å²) in [5.41, 5.74) is 0.807. The van der Waals surface area contributed by atoms with Crippen molar-refractivity contribution in [1.29, 1.82) is 5.26 Å². The van der Waals surface area contributed by atoms with E-state index in [2.05, 4.69) is 43.5 Å². The van der Waals surface area contributed by atoms with E-state index in [-0.39, 0.29) is 0 Å². The van der Waals surface area contributed by atoms with Crippen LogP contribution in [0, 0.1) is 11.3 Å². The van der Waals surface area contributed by atoms with E-state index in [1.54, 1.807) is 22.3 Å². The number of hydrogen-bond donors (Lipinski definition) is 0. The van der Waals surface area contributed by atoms with Gasteiger partial charge in [-0.05, 0) is 24.3 Å². The molecule has 116 valence electrons. The lowest BCUT2D eigenvalue weighted by atomic mass is 10.2. The summed E-state index contributed by atoms with van der Waals surface area (Å²) in [7, 11) is 0. The standard InChI is InChI=1S/C16H16N6S/c17-6-3-8-22-16-12(10-20-22)15(18-11-19-16)21-7-1-4-13(21)14-5-2-9-23-14/h2,5,9-11,13H,1,3-4,7-8H2/t13-/m1/s1. The van der Waals surface area contributed by atoms with E-state index in [1.807, 2.05) is 6.20 Å². The Morgan fingerprint density at radius 3 is 3.17 bits per heavy atom. The van der Waals surface area contributed by atoms with Gasteiger partial charge in [0.25, 0.3) is 0 Å². The third-order valence-electron chi connectivity index (χ3n) is 4.24. The quantitative estimate of drug-likeness (QED) is 0.737. The Morgan fingerprint density at radius 2 is 2.35 bits per heavy atom. The molecule has 0 bridgehead atoms. The minimum atomic E-state index is 0.385. The molecule has 1 saturated heterocycles. The van der Waals surface area contributed by atoms with Gasteiger partial charge in [-0.1, -0.05) is 6.07 Å². The molecule has 3 aromatic heterocycles. The van der Waals surface area contributed by atoms with E-state index in [0.717, 1.165) is 36.2 Å². The van der Waals surface area contributed by atoms with Gasteiger partial charge in [-0.2, -0.15) is 10.4 Å². The molecule has 3 aromatic rings. The highest BCUT2D eigenvalue weighted by atomic mass is 32.1. The molecule has 6 nitrogen and oxygen atoms in total. The molecule has 23 heavy (non-hydrogen) atoms. The lowest BCUT2D eigenvalue weighted by Crippen LogP contribution is -2.23. The molecule has 7 heteroatoms. The van der Waals surface area contributed by atoms with E-state index >= 15 is 0 Å². The minimum absolute atomic E-state index is 0.385. The maximum absolute atomic E-state index is 8.77. The summed E-state index contributed by atoms with van der Waals surface area (Å²) in [6.45, 7) is 1.56. The molecule has 0 aromatic carbocycles. The van der Waals surface area contributed by atoms with Crippen molar-refractivity contribution in [2.45, 2.75) is 31.8 Å². The Hall–Kier alpha value is -2.46. The van der Waals surface area contributed by atoms with E-state index < -0.39 is 0 Å². The van der Waals surface area contributed by atoms with Gasteiger partial charge in [0.1, 0.15) is 12.1 Å². The zero-order valence-corrected chi connectivity index (χ0v) is 13.4. The van der Waals surface area contributed by atoms with Crippen LogP contribution >= 0.6 is 11.3 Å². The number of nitrogens with zero attached hydrogens (tertiary/aromatic N) is 6. The van der Waals surface area contributed by atoms with E-state index in [9.17, 15) is 0 Å². The van der Waals surface area contributed by atoms with E-state index in [4.69, 9.17) is 5.26 Å². The third kappa shape index (κ3) is 2.45. The molecule has 0 N–H and O–H groups in total. The highest BCUT2D eigenvalue weighted by Crippen LogP contribution is 2.39. The van der Waals surface area contributed by atoms with Crippen LogP contribution in [0.4, 0.5) is 5.82 Å². The molecule has 0 radical (unpaired) electrons. The van der Waals surface area contributed by atoms with Crippen LogP contribution in [-0.2, 0) is 6.54 Å². The molecule has 1 fully saturated rings. The number of rotatable bonds is 4. The van der Waals surface area contributed by atoms with Crippen molar-refractivity contribution < 1.29 is 0 Å². The second kappa shape index (κ2) is 5.97. The molecular weight excluding hydrogens is 308 g/mol. The number of anilines is 1.